The van der Waals surface area contributed by atoms with Crippen molar-refractivity contribution in [1.82, 2.24) is 0 Å². The van der Waals surface area contributed by atoms with Gasteiger partial charge in [0, 0.05) is 18.2 Å². The molecule has 1 N–H and O–H groups in total. The quantitative estimate of drug-likeness (QED) is 0.780. The van der Waals surface area contributed by atoms with E-state index in [4.69, 9.17) is 4.74 Å². The Morgan fingerprint density at radius 1 is 1.40 bits per heavy atom. The molecule has 0 spiro atoms. The highest BCUT2D eigenvalue weighted by Crippen LogP contribution is 2.35. The number of anilines is 1. The molecule has 1 atom stereocenters. The molecule has 0 amide bonds. The fourth-order valence-electron chi connectivity index (χ4n) is 1.65. The van der Waals surface area contributed by atoms with Crippen molar-refractivity contribution >= 4 is 5.69 Å². The second kappa shape index (κ2) is 3.32. The fourth-order valence-corrected chi connectivity index (χ4v) is 1.65. The van der Waals surface area contributed by atoms with Crippen LogP contribution in [0.3, 0.4) is 0 Å². The molecule has 0 saturated carbocycles. The Hall–Kier alpha value is -1.39. The van der Waals surface area contributed by atoms with Gasteiger partial charge in [-0.2, -0.15) is 13.2 Å². The highest BCUT2D eigenvalue weighted by molar-refractivity contribution is 5.60. The number of hydrogen-bond donors (Lipinski definition) is 1. The zero-order chi connectivity index (χ0) is 11.1. The second-order valence-electron chi connectivity index (χ2n) is 3.47. The molecular formula is C10H10F3NO. The minimum Gasteiger partial charge on any atom is -0.497 e. The van der Waals surface area contributed by atoms with Gasteiger partial charge in [-0.25, -0.2) is 0 Å². The largest absolute Gasteiger partial charge is 0.497 e. The molecule has 82 valence electrons. The van der Waals surface area contributed by atoms with Crippen molar-refractivity contribution in [3.8, 4) is 5.75 Å². The predicted molar refractivity (Wildman–Crippen MR) is 50.2 cm³/mol. The second-order valence-corrected chi connectivity index (χ2v) is 3.47. The van der Waals surface area contributed by atoms with E-state index in [1.807, 2.05) is 0 Å². The summed E-state index contributed by atoms with van der Waals surface area (Å²) in [5, 5.41) is 2.44. The van der Waals surface area contributed by atoms with Crippen LogP contribution < -0.4 is 10.1 Å². The summed E-state index contributed by atoms with van der Waals surface area (Å²) >= 11 is 0. The van der Waals surface area contributed by atoms with E-state index >= 15 is 0 Å². The van der Waals surface area contributed by atoms with Crippen LogP contribution in [0.15, 0.2) is 18.2 Å². The van der Waals surface area contributed by atoms with Gasteiger partial charge in [0.1, 0.15) is 11.8 Å². The molecule has 2 nitrogen and oxygen atoms in total. The molecule has 2 rings (SSSR count). The van der Waals surface area contributed by atoms with Crippen molar-refractivity contribution in [2.45, 2.75) is 18.6 Å². The lowest BCUT2D eigenvalue weighted by Gasteiger charge is -2.14. The number of rotatable bonds is 1. The summed E-state index contributed by atoms with van der Waals surface area (Å²) in [7, 11) is 1.48. The first-order chi connectivity index (χ1) is 7.00. The lowest BCUT2D eigenvalue weighted by atomic mass is 10.1. The number of alkyl halides is 3. The molecule has 1 unspecified atom stereocenters. The summed E-state index contributed by atoms with van der Waals surface area (Å²) in [5.74, 6) is 0.559. The minimum absolute atomic E-state index is 0.0111. The average molecular weight is 217 g/mol. The van der Waals surface area contributed by atoms with Crippen molar-refractivity contribution < 1.29 is 17.9 Å². The summed E-state index contributed by atoms with van der Waals surface area (Å²) in [6, 6.07) is 3.44. The van der Waals surface area contributed by atoms with E-state index in [2.05, 4.69) is 5.32 Å². The molecule has 0 aromatic heterocycles. The minimum atomic E-state index is -4.20. The van der Waals surface area contributed by atoms with E-state index in [9.17, 15) is 13.2 Å². The third-order valence-corrected chi connectivity index (χ3v) is 2.47. The maximum Gasteiger partial charge on any atom is 0.408 e. The number of benzene rings is 1. The number of hydrogen-bond acceptors (Lipinski definition) is 2. The summed E-state index contributed by atoms with van der Waals surface area (Å²) in [4.78, 5) is 0. The summed E-state index contributed by atoms with van der Waals surface area (Å²) in [5.41, 5.74) is 1.19. The van der Waals surface area contributed by atoms with Crippen molar-refractivity contribution in [3.05, 3.63) is 23.8 Å². The van der Waals surface area contributed by atoms with Crippen molar-refractivity contribution in [3.63, 3.8) is 0 Å². The van der Waals surface area contributed by atoms with Crippen LogP contribution in [0.25, 0.3) is 0 Å². The Bertz CT molecular complexity index is 375. The van der Waals surface area contributed by atoms with E-state index in [0.29, 0.717) is 17.0 Å². The van der Waals surface area contributed by atoms with Crippen LogP contribution in [0, 0.1) is 0 Å². The zero-order valence-electron chi connectivity index (χ0n) is 8.06. The van der Waals surface area contributed by atoms with Crippen LogP contribution in [0.4, 0.5) is 18.9 Å². The smallest absolute Gasteiger partial charge is 0.408 e. The molecule has 5 heteroatoms. The third-order valence-electron chi connectivity index (χ3n) is 2.47. The van der Waals surface area contributed by atoms with E-state index in [0.717, 1.165) is 0 Å². The average Bonchev–Trinajstić information content (AvgIpc) is 2.59. The normalized spacial score (nSPS) is 19.6. The molecule has 0 saturated heterocycles. The zero-order valence-corrected chi connectivity index (χ0v) is 8.06. The van der Waals surface area contributed by atoms with Crippen LogP contribution in [0.2, 0.25) is 0 Å². The first-order valence-electron chi connectivity index (χ1n) is 4.51. The number of nitrogens with one attached hydrogen (secondary N) is 1. The molecule has 1 aromatic rings. The Balaban J connectivity index is 2.24. The summed E-state index contributed by atoms with van der Waals surface area (Å²) < 4.78 is 42.2. The molecule has 1 aromatic carbocycles. The van der Waals surface area contributed by atoms with Gasteiger partial charge in [0.15, 0.2) is 0 Å². The maximum atomic E-state index is 12.4. The van der Waals surface area contributed by atoms with Crippen LogP contribution in [-0.2, 0) is 6.42 Å². The van der Waals surface area contributed by atoms with Crippen LogP contribution >= 0.6 is 0 Å². The van der Waals surface area contributed by atoms with Gasteiger partial charge in [0.05, 0.1) is 7.11 Å². The maximum absolute atomic E-state index is 12.4. The summed E-state index contributed by atoms with van der Waals surface area (Å²) in [6.07, 6.45) is -4.21. The lowest BCUT2D eigenvalue weighted by Crippen LogP contribution is -2.34. The van der Waals surface area contributed by atoms with Crippen LogP contribution in [0.1, 0.15) is 5.56 Å². The van der Waals surface area contributed by atoms with Gasteiger partial charge in [-0.05, 0) is 11.6 Å². The van der Waals surface area contributed by atoms with Gasteiger partial charge < -0.3 is 10.1 Å². The van der Waals surface area contributed by atoms with Gasteiger partial charge in [-0.3, -0.25) is 0 Å². The standard InChI is InChI=1S/C10H10F3NO/c1-15-7-3-2-6-4-9(10(11,12)13)14-8(6)5-7/h2-3,5,9,14H,4H2,1H3. The Labute approximate surface area is 85.0 Å². The lowest BCUT2D eigenvalue weighted by molar-refractivity contribution is -0.140. The molecule has 1 heterocycles. The highest BCUT2D eigenvalue weighted by Gasteiger charge is 2.43. The molecule has 15 heavy (non-hydrogen) atoms. The van der Waals surface area contributed by atoms with E-state index in [-0.39, 0.29) is 6.42 Å². The monoisotopic (exact) mass is 217 g/mol. The summed E-state index contributed by atoms with van der Waals surface area (Å²) in [6.45, 7) is 0. The van der Waals surface area contributed by atoms with Gasteiger partial charge in [0.25, 0.3) is 0 Å². The highest BCUT2D eigenvalue weighted by atomic mass is 19.4. The van der Waals surface area contributed by atoms with Crippen molar-refractivity contribution in [1.29, 1.82) is 0 Å². The van der Waals surface area contributed by atoms with Gasteiger partial charge >= 0.3 is 6.18 Å². The Morgan fingerprint density at radius 2 is 2.13 bits per heavy atom. The van der Waals surface area contributed by atoms with Crippen molar-refractivity contribution in [2.75, 3.05) is 12.4 Å². The number of halogens is 3. The fraction of sp³-hybridized carbons (Fsp3) is 0.400. The Kier molecular flexibility index (Phi) is 2.25. The number of methoxy groups -OCH3 is 1. The van der Waals surface area contributed by atoms with E-state index < -0.39 is 12.2 Å². The molecule has 0 radical (unpaired) electrons. The molecule has 0 fully saturated rings. The molecule has 0 bridgehead atoms. The molecule has 1 aliphatic heterocycles. The topological polar surface area (TPSA) is 21.3 Å². The van der Waals surface area contributed by atoms with Gasteiger partial charge in [-0.15, -0.1) is 0 Å². The van der Waals surface area contributed by atoms with Gasteiger partial charge in [-0.1, -0.05) is 6.07 Å². The molecule has 1 aliphatic rings. The molecular weight excluding hydrogens is 207 g/mol. The predicted octanol–water partition coefficient (Wildman–Crippen LogP) is 2.59. The SMILES string of the molecule is COc1ccc2c(c1)NC(C(F)(F)F)C2. The number of fused-ring (bicyclic) bond motifs is 1. The van der Waals surface area contributed by atoms with E-state index in [1.54, 1.807) is 18.2 Å². The van der Waals surface area contributed by atoms with Gasteiger partial charge in [0.2, 0.25) is 0 Å². The first kappa shape index (κ1) is 10.1. The number of ether oxygens (including phenoxy) is 1. The van der Waals surface area contributed by atoms with Crippen LogP contribution in [-0.4, -0.2) is 19.3 Å². The van der Waals surface area contributed by atoms with Crippen molar-refractivity contribution in [2.24, 2.45) is 0 Å². The third kappa shape index (κ3) is 1.86. The van der Waals surface area contributed by atoms with E-state index in [1.165, 1.54) is 7.11 Å². The first-order valence-corrected chi connectivity index (χ1v) is 4.51. The Morgan fingerprint density at radius 3 is 2.73 bits per heavy atom. The molecule has 0 aliphatic carbocycles. The van der Waals surface area contributed by atoms with Crippen LogP contribution in [0.5, 0.6) is 5.75 Å².